The molecule has 2 heterocycles. The summed E-state index contributed by atoms with van der Waals surface area (Å²) in [6.45, 7) is 8.42. The minimum Gasteiger partial charge on any atom is -0.353 e. The van der Waals surface area contributed by atoms with Crippen LogP contribution in [0.2, 0.25) is 0 Å². The van der Waals surface area contributed by atoms with E-state index in [1.165, 1.54) is 0 Å². The van der Waals surface area contributed by atoms with Gasteiger partial charge in [-0.3, -0.25) is 4.79 Å². The number of rotatable bonds is 3. The first-order valence-corrected chi connectivity index (χ1v) is 7.78. The Balaban J connectivity index is 0.00000200. The van der Waals surface area contributed by atoms with Crippen molar-refractivity contribution in [3.63, 3.8) is 0 Å². The highest BCUT2D eigenvalue weighted by molar-refractivity contribution is 7.09. The summed E-state index contributed by atoms with van der Waals surface area (Å²) in [5.41, 5.74) is 0.954. The number of hydrogen-bond donors (Lipinski definition) is 2. The predicted octanol–water partition coefficient (Wildman–Crippen LogP) is 2.69. The molecule has 7 heteroatoms. The largest absolute Gasteiger partial charge is 0.353 e. The molecule has 1 fully saturated rings. The van der Waals surface area contributed by atoms with Gasteiger partial charge >= 0.3 is 0 Å². The number of hydrogen-bond acceptors (Lipinski definition) is 4. The summed E-state index contributed by atoms with van der Waals surface area (Å²) in [7, 11) is 0. The van der Waals surface area contributed by atoms with Crippen LogP contribution in [0.15, 0.2) is 5.38 Å². The SMILES string of the molecule is CC(C)(C)c1nc(CC(=O)NC2CCNCC2)cs1.Cl.Cl. The van der Waals surface area contributed by atoms with Gasteiger partial charge in [0, 0.05) is 16.8 Å². The average molecular weight is 354 g/mol. The second kappa shape index (κ2) is 8.93. The third-order valence-electron chi connectivity index (χ3n) is 3.24. The summed E-state index contributed by atoms with van der Waals surface area (Å²) in [6.07, 6.45) is 2.45. The smallest absolute Gasteiger partial charge is 0.226 e. The Morgan fingerprint density at radius 3 is 2.52 bits per heavy atom. The molecule has 1 aromatic heterocycles. The van der Waals surface area contributed by atoms with E-state index in [0.717, 1.165) is 36.6 Å². The highest BCUT2D eigenvalue weighted by atomic mass is 35.5. The maximum atomic E-state index is 12.0. The summed E-state index contributed by atoms with van der Waals surface area (Å²) in [4.78, 5) is 16.5. The molecule has 1 amide bonds. The third kappa shape index (κ3) is 6.51. The van der Waals surface area contributed by atoms with Crippen molar-refractivity contribution >= 4 is 42.1 Å². The van der Waals surface area contributed by atoms with E-state index in [9.17, 15) is 4.79 Å². The van der Waals surface area contributed by atoms with Crippen LogP contribution in [0.1, 0.15) is 44.3 Å². The normalized spacial score (nSPS) is 15.8. The van der Waals surface area contributed by atoms with Gasteiger partial charge in [-0.1, -0.05) is 20.8 Å². The number of aromatic nitrogens is 1. The third-order valence-corrected chi connectivity index (χ3v) is 4.56. The molecule has 1 aliphatic heterocycles. The van der Waals surface area contributed by atoms with Crippen molar-refractivity contribution in [3.8, 4) is 0 Å². The molecule has 0 radical (unpaired) electrons. The lowest BCUT2D eigenvalue weighted by atomic mass is 9.98. The van der Waals surface area contributed by atoms with Crippen LogP contribution in [0.5, 0.6) is 0 Å². The van der Waals surface area contributed by atoms with Crippen LogP contribution in [0.3, 0.4) is 0 Å². The molecule has 0 spiro atoms. The zero-order chi connectivity index (χ0) is 13.9. The Morgan fingerprint density at radius 1 is 1.38 bits per heavy atom. The highest BCUT2D eigenvalue weighted by Gasteiger charge is 2.20. The molecule has 122 valence electrons. The summed E-state index contributed by atoms with van der Waals surface area (Å²) in [5, 5.41) is 9.49. The predicted molar refractivity (Wildman–Crippen MR) is 93.0 cm³/mol. The van der Waals surface area contributed by atoms with Gasteiger partial charge in [-0.2, -0.15) is 0 Å². The molecule has 2 N–H and O–H groups in total. The monoisotopic (exact) mass is 353 g/mol. The second-order valence-corrected chi connectivity index (χ2v) is 7.02. The van der Waals surface area contributed by atoms with Gasteiger partial charge in [0.2, 0.25) is 5.91 Å². The number of thiazole rings is 1. The zero-order valence-corrected chi connectivity index (χ0v) is 15.2. The fourth-order valence-electron chi connectivity index (χ4n) is 2.14. The van der Waals surface area contributed by atoms with Crippen molar-refractivity contribution in [2.75, 3.05) is 13.1 Å². The Bertz CT molecular complexity index is 440. The van der Waals surface area contributed by atoms with Crippen LogP contribution in [0.4, 0.5) is 0 Å². The van der Waals surface area contributed by atoms with Crippen molar-refractivity contribution in [1.29, 1.82) is 0 Å². The van der Waals surface area contributed by atoms with E-state index in [4.69, 9.17) is 0 Å². The number of amides is 1. The molecule has 1 aliphatic rings. The molecule has 2 rings (SSSR count). The van der Waals surface area contributed by atoms with Crippen LogP contribution >= 0.6 is 36.2 Å². The van der Waals surface area contributed by atoms with E-state index < -0.39 is 0 Å². The van der Waals surface area contributed by atoms with Crippen LogP contribution in [0, 0.1) is 0 Å². The Labute approximate surface area is 143 Å². The van der Waals surface area contributed by atoms with Gasteiger partial charge in [0.1, 0.15) is 0 Å². The number of nitrogens with one attached hydrogen (secondary N) is 2. The van der Waals surface area contributed by atoms with Gasteiger partial charge in [0.25, 0.3) is 0 Å². The first kappa shape index (κ1) is 20.6. The topological polar surface area (TPSA) is 54.0 Å². The van der Waals surface area contributed by atoms with Gasteiger partial charge < -0.3 is 10.6 Å². The first-order valence-electron chi connectivity index (χ1n) is 6.90. The summed E-state index contributed by atoms with van der Waals surface area (Å²) < 4.78 is 0. The fourth-order valence-corrected chi connectivity index (χ4v) is 3.05. The Morgan fingerprint density at radius 2 is 2.00 bits per heavy atom. The lowest BCUT2D eigenvalue weighted by molar-refractivity contribution is -0.121. The van der Waals surface area contributed by atoms with Gasteiger partial charge in [-0.15, -0.1) is 36.2 Å². The number of nitrogens with zero attached hydrogens (tertiary/aromatic N) is 1. The van der Waals surface area contributed by atoms with Crippen LogP contribution in [0.25, 0.3) is 0 Å². The molecule has 0 bridgehead atoms. The minimum atomic E-state index is 0. The highest BCUT2D eigenvalue weighted by Crippen LogP contribution is 2.25. The van der Waals surface area contributed by atoms with Crippen molar-refractivity contribution < 1.29 is 4.79 Å². The first-order chi connectivity index (χ1) is 8.95. The zero-order valence-electron chi connectivity index (χ0n) is 12.8. The maximum absolute atomic E-state index is 12.0. The van der Waals surface area contributed by atoms with E-state index in [-0.39, 0.29) is 36.1 Å². The van der Waals surface area contributed by atoms with Gasteiger partial charge in [0.15, 0.2) is 0 Å². The molecule has 1 saturated heterocycles. The van der Waals surface area contributed by atoms with Gasteiger partial charge in [-0.05, 0) is 25.9 Å². The van der Waals surface area contributed by atoms with E-state index >= 15 is 0 Å². The van der Waals surface area contributed by atoms with E-state index in [1.807, 2.05) is 5.38 Å². The van der Waals surface area contributed by atoms with Crippen LogP contribution in [-0.4, -0.2) is 30.0 Å². The lowest BCUT2D eigenvalue weighted by Crippen LogP contribution is -2.43. The van der Waals surface area contributed by atoms with Crippen LogP contribution in [-0.2, 0) is 16.6 Å². The summed E-state index contributed by atoms with van der Waals surface area (Å²) in [5.74, 6) is 0.0951. The van der Waals surface area contributed by atoms with Gasteiger partial charge in [-0.25, -0.2) is 4.98 Å². The molecule has 0 unspecified atom stereocenters. The lowest BCUT2D eigenvalue weighted by Gasteiger charge is -2.23. The van der Waals surface area contributed by atoms with Crippen molar-refractivity contribution in [1.82, 2.24) is 15.6 Å². The number of halogens is 2. The second-order valence-electron chi connectivity index (χ2n) is 6.16. The van der Waals surface area contributed by atoms with Crippen molar-refractivity contribution in [2.24, 2.45) is 0 Å². The van der Waals surface area contributed by atoms with Crippen LogP contribution < -0.4 is 10.6 Å². The quantitative estimate of drug-likeness (QED) is 0.878. The molecule has 4 nitrogen and oxygen atoms in total. The van der Waals surface area contributed by atoms with Crippen molar-refractivity contribution in [2.45, 2.75) is 51.5 Å². The molecule has 0 aromatic carbocycles. The maximum Gasteiger partial charge on any atom is 0.226 e. The fraction of sp³-hybridized carbons (Fsp3) is 0.714. The number of carbonyl (C=O) groups excluding carboxylic acids is 1. The number of carbonyl (C=O) groups is 1. The minimum absolute atomic E-state index is 0. The standard InChI is InChI=1S/C14H23N3OS.2ClH/c1-14(2,3)13-17-11(9-19-13)8-12(18)16-10-4-6-15-7-5-10;;/h9-10,15H,4-8H2,1-3H3,(H,16,18);2*1H. The molecule has 0 aliphatic carbocycles. The Hall–Kier alpha value is -0.360. The molecule has 0 atom stereocenters. The molecular weight excluding hydrogens is 329 g/mol. The van der Waals surface area contributed by atoms with E-state index in [2.05, 4.69) is 36.4 Å². The van der Waals surface area contributed by atoms with Gasteiger partial charge in [0.05, 0.1) is 17.1 Å². The summed E-state index contributed by atoms with van der Waals surface area (Å²) >= 11 is 1.64. The molecule has 1 aromatic rings. The Kier molecular flexibility index (Phi) is 8.78. The average Bonchev–Trinajstić information content (AvgIpc) is 2.78. The molecule has 0 saturated carbocycles. The number of piperidine rings is 1. The van der Waals surface area contributed by atoms with E-state index in [0.29, 0.717) is 12.5 Å². The van der Waals surface area contributed by atoms with Crippen molar-refractivity contribution in [3.05, 3.63) is 16.1 Å². The molecule has 21 heavy (non-hydrogen) atoms. The molecular formula is C14H25Cl2N3OS. The summed E-state index contributed by atoms with van der Waals surface area (Å²) in [6, 6.07) is 0.328. The van der Waals surface area contributed by atoms with E-state index in [1.54, 1.807) is 11.3 Å².